The van der Waals surface area contributed by atoms with E-state index in [0.29, 0.717) is 0 Å². The van der Waals surface area contributed by atoms with Crippen molar-refractivity contribution in [3.05, 3.63) is 24.0 Å². The first-order chi connectivity index (χ1) is 8.79. The number of carboxylic acid groups (broad SMARTS) is 1. The highest BCUT2D eigenvalue weighted by molar-refractivity contribution is 5.99. The number of hydrogen-bond donors (Lipinski definition) is 1. The van der Waals surface area contributed by atoms with Crippen molar-refractivity contribution in [2.75, 3.05) is 11.4 Å². The summed E-state index contributed by atoms with van der Waals surface area (Å²) >= 11 is 0. The maximum absolute atomic E-state index is 12.5. The van der Waals surface area contributed by atoms with Crippen molar-refractivity contribution in [3.63, 3.8) is 0 Å². The Labute approximate surface area is 105 Å². The summed E-state index contributed by atoms with van der Waals surface area (Å²) in [6.45, 7) is -0.129. The summed E-state index contributed by atoms with van der Waals surface area (Å²) in [7, 11) is 0. The number of nitrogens with zero attached hydrogens (tertiary/aromatic N) is 2. The quantitative estimate of drug-likeness (QED) is 0.888. The lowest BCUT2D eigenvalue weighted by atomic mass is 10.1. The molecule has 19 heavy (non-hydrogen) atoms. The second kappa shape index (κ2) is 4.52. The molecule has 1 aromatic rings. The first-order valence-corrected chi connectivity index (χ1v) is 5.35. The SMILES string of the molecule is O=C(O)C1CC(=O)N(c2ccnc(C(F)(F)F)c2)C1. The van der Waals surface area contributed by atoms with E-state index in [9.17, 15) is 22.8 Å². The lowest BCUT2D eigenvalue weighted by molar-refractivity contribution is -0.142. The van der Waals surface area contributed by atoms with Crippen LogP contribution < -0.4 is 4.90 Å². The predicted molar refractivity (Wildman–Crippen MR) is 57.3 cm³/mol. The average molecular weight is 274 g/mol. The van der Waals surface area contributed by atoms with E-state index in [1.165, 1.54) is 6.07 Å². The van der Waals surface area contributed by atoms with Crippen LogP contribution in [0.1, 0.15) is 12.1 Å². The summed E-state index contributed by atoms with van der Waals surface area (Å²) < 4.78 is 37.5. The van der Waals surface area contributed by atoms with Crippen LogP contribution in [-0.4, -0.2) is 28.5 Å². The molecule has 1 aliphatic heterocycles. The molecule has 5 nitrogen and oxygen atoms in total. The van der Waals surface area contributed by atoms with Crippen molar-refractivity contribution in [2.45, 2.75) is 12.6 Å². The van der Waals surface area contributed by atoms with Gasteiger partial charge in [0.15, 0.2) is 0 Å². The fourth-order valence-corrected chi connectivity index (χ4v) is 1.86. The zero-order valence-electron chi connectivity index (χ0n) is 9.52. The third-order valence-electron chi connectivity index (χ3n) is 2.82. The molecule has 0 radical (unpaired) electrons. The fraction of sp³-hybridized carbons (Fsp3) is 0.364. The molecule has 1 atom stereocenters. The van der Waals surface area contributed by atoms with Crippen molar-refractivity contribution in [1.82, 2.24) is 4.98 Å². The zero-order valence-corrected chi connectivity index (χ0v) is 9.52. The van der Waals surface area contributed by atoms with Crippen LogP contribution in [0, 0.1) is 5.92 Å². The van der Waals surface area contributed by atoms with Crippen LogP contribution in [0.15, 0.2) is 18.3 Å². The van der Waals surface area contributed by atoms with Gasteiger partial charge in [-0.15, -0.1) is 0 Å². The van der Waals surface area contributed by atoms with Crippen molar-refractivity contribution in [3.8, 4) is 0 Å². The van der Waals surface area contributed by atoms with E-state index < -0.39 is 29.7 Å². The Morgan fingerprint density at radius 3 is 2.68 bits per heavy atom. The minimum Gasteiger partial charge on any atom is -0.481 e. The van der Waals surface area contributed by atoms with Crippen molar-refractivity contribution in [1.29, 1.82) is 0 Å². The largest absolute Gasteiger partial charge is 0.481 e. The summed E-state index contributed by atoms with van der Waals surface area (Å²) in [5.41, 5.74) is -1.10. The van der Waals surface area contributed by atoms with Crippen LogP contribution in [0.25, 0.3) is 0 Å². The van der Waals surface area contributed by atoms with E-state index in [4.69, 9.17) is 5.11 Å². The van der Waals surface area contributed by atoms with Crippen LogP contribution in [0.3, 0.4) is 0 Å². The molecule has 1 amide bonds. The molecule has 102 valence electrons. The van der Waals surface area contributed by atoms with Crippen molar-refractivity contribution >= 4 is 17.6 Å². The van der Waals surface area contributed by atoms with Gasteiger partial charge >= 0.3 is 12.1 Å². The molecule has 1 aliphatic rings. The van der Waals surface area contributed by atoms with Crippen LogP contribution in [-0.2, 0) is 15.8 Å². The number of carbonyl (C=O) groups excluding carboxylic acids is 1. The Morgan fingerprint density at radius 1 is 1.47 bits per heavy atom. The van der Waals surface area contributed by atoms with Crippen LogP contribution >= 0.6 is 0 Å². The molecule has 1 saturated heterocycles. The molecule has 0 aliphatic carbocycles. The van der Waals surface area contributed by atoms with E-state index in [1.807, 2.05) is 0 Å². The highest BCUT2D eigenvalue weighted by Gasteiger charge is 2.37. The molecule has 1 aromatic heterocycles. The molecule has 0 bridgehead atoms. The average Bonchev–Trinajstić information content (AvgIpc) is 2.71. The summed E-state index contributed by atoms with van der Waals surface area (Å²) in [6.07, 6.45) is -3.87. The molecule has 0 aromatic carbocycles. The molecule has 1 fully saturated rings. The van der Waals surface area contributed by atoms with E-state index >= 15 is 0 Å². The van der Waals surface area contributed by atoms with Gasteiger partial charge in [-0.25, -0.2) is 0 Å². The lowest BCUT2D eigenvalue weighted by Crippen LogP contribution is -2.26. The van der Waals surface area contributed by atoms with Gasteiger partial charge in [-0.2, -0.15) is 13.2 Å². The number of aromatic nitrogens is 1. The van der Waals surface area contributed by atoms with E-state index in [2.05, 4.69) is 4.98 Å². The van der Waals surface area contributed by atoms with Crippen LogP contribution in [0.2, 0.25) is 0 Å². The Morgan fingerprint density at radius 2 is 2.16 bits per heavy atom. The molecule has 2 rings (SSSR count). The second-order valence-corrected chi connectivity index (χ2v) is 4.14. The van der Waals surface area contributed by atoms with Gasteiger partial charge in [0.25, 0.3) is 0 Å². The van der Waals surface area contributed by atoms with Gasteiger partial charge in [0, 0.05) is 24.8 Å². The zero-order chi connectivity index (χ0) is 14.2. The van der Waals surface area contributed by atoms with Crippen molar-refractivity contribution in [2.24, 2.45) is 5.92 Å². The minimum atomic E-state index is -4.61. The number of rotatable bonds is 2. The minimum absolute atomic E-state index is 0.0103. The van der Waals surface area contributed by atoms with E-state index in [-0.39, 0.29) is 18.7 Å². The number of alkyl halides is 3. The van der Waals surface area contributed by atoms with Crippen LogP contribution in [0.5, 0.6) is 0 Å². The van der Waals surface area contributed by atoms with Gasteiger partial charge in [0.1, 0.15) is 5.69 Å². The topological polar surface area (TPSA) is 70.5 Å². The monoisotopic (exact) mass is 274 g/mol. The van der Waals surface area contributed by atoms with Gasteiger partial charge in [0.2, 0.25) is 5.91 Å². The summed E-state index contributed by atoms with van der Waals surface area (Å²) in [6, 6.07) is 1.99. The number of pyridine rings is 1. The molecular formula is C11H9F3N2O3. The van der Waals surface area contributed by atoms with E-state index in [0.717, 1.165) is 17.2 Å². The Bertz CT molecular complexity index is 530. The Kier molecular flexibility index (Phi) is 3.17. The number of anilines is 1. The highest BCUT2D eigenvalue weighted by Crippen LogP contribution is 2.31. The van der Waals surface area contributed by atoms with Crippen LogP contribution in [0.4, 0.5) is 18.9 Å². The van der Waals surface area contributed by atoms with Gasteiger partial charge in [0.05, 0.1) is 5.92 Å². The smallest absolute Gasteiger partial charge is 0.433 e. The Balaban J connectivity index is 2.28. The third-order valence-corrected chi connectivity index (χ3v) is 2.82. The summed E-state index contributed by atoms with van der Waals surface area (Å²) in [5.74, 6) is -2.54. The number of amides is 1. The molecular weight excluding hydrogens is 265 g/mol. The molecule has 8 heteroatoms. The number of aliphatic carboxylic acids is 1. The molecule has 0 saturated carbocycles. The second-order valence-electron chi connectivity index (χ2n) is 4.14. The standard InChI is InChI=1S/C11H9F3N2O3/c12-11(13,14)8-4-7(1-2-15-8)16-5-6(10(18)19)3-9(16)17/h1-2,4,6H,3,5H2,(H,18,19). The molecule has 0 spiro atoms. The predicted octanol–water partition coefficient (Wildman–Crippen LogP) is 1.54. The Hall–Kier alpha value is -2.12. The van der Waals surface area contributed by atoms with Gasteiger partial charge in [-0.1, -0.05) is 0 Å². The normalized spacial score (nSPS) is 19.8. The maximum Gasteiger partial charge on any atom is 0.433 e. The number of halogens is 3. The molecule has 1 unspecified atom stereocenters. The number of hydrogen-bond acceptors (Lipinski definition) is 3. The lowest BCUT2D eigenvalue weighted by Gasteiger charge is -2.17. The fourth-order valence-electron chi connectivity index (χ4n) is 1.86. The number of carbonyl (C=O) groups is 2. The van der Waals surface area contributed by atoms with Crippen molar-refractivity contribution < 1.29 is 27.9 Å². The van der Waals surface area contributed by atoms with Gasteiger partial charge in [-0.05, 0) is 12.1 Å². The molecule has 2 heterocycles. The van der Waals surface area contributed by atoms with Gasteiger partial charge in [-0.3, -0.25) is 14.6 Å². The van der Waals surface area contributed by atoms with E-state index in [1.54, 1.807) is 0 Å². The maximum atomic E-state index is 12.5. The van der Waals surface area contributed by atoms with Gasteiger partial charge < -0.3 is 10.0 Å². The first-order valence-electron chi connectivity index (χ1n) is 5.35. The first kappa shape index (κ1) is 13.3. The highest BCUT2D eigenvalue weighted by atomic mass is 19.4. The summed E-state index contributed by atoms with van der Waals surface area (Å²) in [5, 5.41) is 8.81. The molecule has 1 N–H and O–H groups in total. The number of carboxylic acids is 1. The summed E-state index contributed by atoms with van der Waals surface area (Å²) in [4.78, 5) is 26.6. The third kappa shape index (κ3) is 2.67.